The van der Waals surface area contributed by atoms with Crippen LogP contribution in [0.3, 0.4) is 0 Å². The molecular weight excluding hydrogens is 328 g/mol. The standard InChI is InChI=1S/C16H27BrN4/c1-13(2)10-18-11-14-9-15(17)12-19-16(14)21-6-4-5-20(3)7-8-21/h9,12-13,18H,4-8,10-11H2,1-3H3. The summed E-state index contributed by atoms with van der Waals surface area (Å²) in [4.78, 5) is 9.52. The molecule has 2 rings (SSSR count). The van der Waals surface area contributed by atoms with Crippen LogP contribution in [0, 0.1) is 5.92 Å². The minimum atomic E-state index is 0.667. The Hall–Kier alpha value is -0.650. The van der Waals surface area contributed by atoms with Gasteiger partial charge in [0.2, 0.25) is 0 Å². The van der Waals surface area contributed by atoms with Crippen LogP contribution in [0.2, 0.25) is 0 Å². The van der Waals surface area contributed by atoms with Crippen molar-refractivity contribution in [2.24, 2.45) is 5.92 Å². The summed E-state index contributed by atoms with van der Waals surface area (Å²) in [6.07, 6.45) is 3.11. The quantitative estimate of drug-likeness (QED) is 0.880. The van der Waals surface area contributed by atoms with Crippen molar-refractivity contribution in [3.05, 3.63) is 22.3 Å². The number of hydrogen-bond donors (Lipinski definition) is 1. The van der Waals surface area contributed by atoms with E-state index in [1.807, 2.05) is 6.20 Å². The lowest BCUT2D eigenvalue weighted by Gasteiger charge is -2.24. The number of hydrogen-bond acceptors (Lipinski definition) is 4. The summed E-state index contributed by atoms with van der Waals surface area (Å²) in [6, 6.07) is 2.20. The topological polar surface area (TPSA) is 31.4 Å². The lowest BCUT2D eigenvalue weighted by molar-refractivity contribution is 0.360. The molecule has 1 aliphatic rings. The zero-order valence-electron chi connectivity index (χ0n) is 13.4. The molecule has 0 atom stereocenters. The molecule has 0 radical (unpaired) electrons. The van der Waals surface area contributed by atoms with Gasteiger partial charge in [-0.15, -0.1) is 0 Å². The Bertz CT molecular complexity index is 450. The maximum atomic E-state index is 4.69. The third-order valence-electron chi connectivity index (χ3n) is 3.80. The number of nitrogens with zero attached hydrogens (tertiary/aromatic N) is 3. The van der Waals surface area contributed by atoms with E-state index in [9.17, 15) is 0 Å². The van der Waals surface area contributed by atoms with E-state index < -0.39 is 0 Å². The van der Waals surface area contributed by atoms with Crippen LogP contribution < -0.4 is 10.2 Å². The number of aromatic nitrogens is 1. The fourth-order valence-electron chi connectivity index (χ4n) is 2.64. The summed E-state index contributed by atoms with van der Waals surface area (Å²) < 4.78 is 1.06. The summed E-state index contributed by atoms with van der Waals surface area (Å²) in [5.74, 6) is 1.81. The molecule has 0 unspecified atom stereocenters. The first kappa shape index (κ1) is 16.7. The minimum absolute atomic E-state index is 0.667. The lowest BCUT2D eigenvalue weighted by atomic mass is 10.2. The van der Waals surface area contributed by atoms with Crippen LogP contribution in [0.1, 0.15) is 25.8 Å². The van der Waals surface area contributed by atoms with Gasteiger partial charge in [0.05, 0.1) is 0 Å². The highest BCUT2D eigenvalue weighted by Crippen LogP contribution is 2.22. The normalized spacial score (nSPS) is 17.3. The summed E-state index contributed by atoms with van der Waals surface area (Å²) in [5.41, 5.74) is 1.29. The van der Waals surface area contributed by atoms with Crippen LogP contribution in [0.25, 0.3) is 0 Å². The van der Waals surface area contributed by atoms with Crippen molar-refractivity contribution in [1.29, 1.82) is 0 Å². The van der Waals surface area contributed by atoms with Gasteiger partial charge in [-0.3, -0.25) is 0 Å². The van der Waals surface area contributed by atoms with Crippen molar-refractivity contribution in [2.45, 2.75) is 26.8 Å². The van der Waals surface area contributed by atoms with Crippen LogP contribution in [0.5, 0.6) is 0 Å². The third kappa shape index (κ3) is 5.24. The average Bonchev–Trinajstić information content (AvgIpc) is 2.63. The predicted molar refractivity (Wildman–Crippen MR) is 92.8 cm³/mol. The number of nitrogens with one attached hydrogen (secondary N) is 1. The first-order valence-corrected chi connectivity index (χ1v) is 8.64. The molecule has 5 heteroatoms. The van der Waals surface area contributed by atoms with Crippen molar-refractivity contribution in [3.8, 4) is 0 Å². The van der Waals surface area contributed by atoms with Gasteiger partial charge in [-0.2, -0.15) is 0 Å². The molecule has 0 aromatic carbocycles. The van der Waals surface area contributed by atoms with Gasteiger partial charge in [0.1, 0.15) is 5.82 Å². The Balaban J connectivity index is 2.09. The summed E-state index contributed by atoms with van der Waals surface area (Å²) in [7, 11) is 2.20. The molecule has 21 heavy (non-hydrogen) atoms. The Morgan fingerprint density at radius 1 is 1.29 bits per heavy atom. The molecule has 118 valence electrons. The first-order valence-electron chi connectivity index (χ1n) is 7.85. The second-order valence-corrected chi connectivity index (χ2v) is 7.22. The van der Waals surface area contributed by atoms with Crippen molar-refractivity contribution in [3.63, 3.8) is 0 Å². The van der Waals surface area contributed by atoms with Gasteiger partial charge in [0.25, 0.3) is 0 Å². The van der Waals surface area contributed by atoms with E-state index >= 15 is 0 Å². The molecule has 1 N–H and O–H groups in total. The third-order valence-corrected chi connectivity index (χ3v) is 4.23. The van der Waals surface area contributed by atoms with E-state index in [4.69, 9.17) is 0 Å². The molecule has 4 nitrogen and oxygen atoms in total. The van der Waals surface area contributed by atoms with Gasteiger partial charge < -0.3 is 15.1 Å². The van der Waals surface area contributed by atoms with E-state index in [0.29, 0.717) is 5.92 Å². The highest BCUT2D eigenvalue weighted by atomic mass is 79.9. The SMILES string of the molecule is CC(C)CNCc1cc(Br)cnc1N1CCCN(C)CC1. The van der Waals surface area contributed by atoms with Crippen molar-refractivity contribution < 1.29 is 0 Å². The van der Waals surface area contributed by atoms with E-state index in [1.54, 1.807) is 0 Å². The molecule has 0 aliphatic carbocycles. The number of rotatable bonds is 5. The summed E-state index contributed by atoms with van der Waals surface area (Å²) >= 11 is 3.55. The van der Waals surface area contributed by atoms with Gasteiger partial charge in [-0.25, -0.2) is 4.98 Å². The van der Waals surface area contributed by atoms with Crippen LogP contribution in [-0.2, 0) is 6.54 Å². The average molecular weight is 355 g/mol. The molecule has 1 aromatic heterocycles. The largest absolute Gasteiger partial charge is 0.355 e. The maximum Gasteiger partial charge on any atom is 0.133 e. The highest BCUT2D eigenvalue weighted by molar-refractivity contribution is 9.10. The molecule has 2 heterocycles. The lowest BCUT2D eigenvalue weighted by Crippen LogP contribution is -2.31. The maximum absolute atomic E-state index is 4.69. The fraction of sp³-hybridized carbons (Fsp3) is 0.688. The first-order chi connectivity index (χ1) is 10.1. The van der Waals surface area contributed by atoms with E-state index in [-0.39, 0.29) is 0 Å². The molecular formula is C16H27BrN4. The highest BCUT2D eigenvalue weighted by Gasteiger charge is 2.17. The Morgan fingerprint density at radius 3 is 2.86 bits per heavy atom. The van der Waals surface area contributed by atoms with Crippen LogP contribution >= 0.6 is 15.9 Å². The van der Waals surface area contributed by atoms with Crippen molar-refractivity contribution in [2.75, 3.05) is 44.7 Å². The smallest absolute Gasteiger partial charge is 0.133 e. The zero-order chi connectivity index (χ0) is 15.2. The minimum Gasteiger partial charge on any atom is -0.355 e. The van der Waals surface area contributed by atoms with E-state index in [0.717, 1.165) is 43.0 Å². The number of anilines is 1. The molecule has 1 aromatic rings. The molecule has 1 saturated heterocycles. The number of pyridine rings is 1. The Kier molecular flexibility index (Phi) is 6.45. The second-order valence-electron chi connectivity index (χ2n) is 6.30. The monoisotopic (exact) mass is 354 g/mol. The van der Waals surface area contributed by atoms with Gasteiger partial charge in [-0.1, -0.05) is 13.8 Å². The zero-order valence-corrected chi connectivity index (χ0v) is 15.0. The van der Waals surface area contributed by atoms with Crippen molar-refractivity contribution >= 4 is 21.7 Å². The van der Waals surface area contributed by atoms with Gasteiger partial charge in [-0.05, 0) is 54.5 Å². The van der Waals surface area contributed by atoms with Crippen molar-refractivity contribution in [1.82, 2.24) is 15.2 Å². The van der Waals surface area contributed by atoms with E-state index in [2.05, 4.69) is 63.0 Å². The Labute approximate surface area is 137 Å². The summed E-state index contributed by atoms with van der Waals surface area (Å²) in [6.45, 7) is 10.8. The van der Waals surface area contributed by atoms with Gasteiger partial charge in [0, 0.05) is 42.4 Å². The van der Waals surface area contributed by atoms with Gasteiger partial charge in [0.15, 0.2) is 0 Å². The number of likely N-dealkylation sites (N-methyl/N-ethyl adjacent to an activating group) is 1. The molecule has 0 amide bonds. The molecule has 0 spiro atoms. The van der Waals surface area contributed by atoms with Crippen LogP contribution in [-0.4, -0.2) is 49.7 Å². The number of halogens is 1. The molecule has 1 aliphatic heterocycles. The van der Waals surface area contributed by atoms with Gasteiger partial charge >= 0.3 is 0 Å². The second kappa shape index (κ2) is 8.11. The predicted octanol–water partition coefficient (Wildman–Crippen LogP) is 2.73. The molecule has 0 bridgehead atoms. The summed E-state index contributed by atoms with van der Waals surface area (Å²) in [5, 5.41) is 3.53. The van der Waals surface area contributed by atoms with Crippen LogP contribution in [0.15, 0.2) is 16.7 Å². The molecule has 0 saturated carbocycles. The fourth-order valence-corrected chi connectivity index (χ4v) is 3.02. The van der Waals surface area contributed by atoms with Crippen LogP contribution in [0.4, 0.5) is 5.82 Å². The Morgan fingerprint density at radius 2 is 2.10 bits per heavy atom. The molecule has 1 fully saturated rings. The van der Waals surface area contributed by atoms with E-state index in [1.165, 1.54) is 18.5 Å².